The van der Waals surface area contributed by atoms with Crippen molar-refractivity contribution in [2.45, 2.75) is 0 Å². The Morgan fingerprint density at radius 2 is 1.32 bits per heavy atom. The molecule has 7 nitrogen and oxygen atoms in total. The molecule has 1 aromatic heterocycles. The molecule has 0 saturated carbocycles. The first-order chi connectivity index (χ1) is 13.6. The molecule has 3 rings (SSSR count). The average molecular weight is 367 g/mol. The van der Waals surface area contributed by atoms with Crippen LogP contribution in [-0.4, -0.2) is 16.8 Å². The predicted molar refractivity (Wildman–Crippen MR) is 102 cm³/mol. The molecule has 0 aliphatic rings. The second-order valence-electron chi connectivity index (χ2n) is 5.65. The van der Waals surface area contributed by atoms with Gasteiger partial charge in [-0.15, -0.1) is 0 Å². The van der Waals surface area contributed by atoms with Gasteiger partial charge in [0.1, 0.15) is 17.8 Å². The highest BCUT2D eigenvalue weighted by atomic mass is 16.2. The van der Waals surface area contributed by atoms with Crippen LogP contribution < -0.4 is 10.6 Å². The molecule has 7 heteroatoms. The van der Waals surface area contributed by atoms with Gasteiger partial charge in [-0.1, -0.05) is 24.3 Å². The molecule has 0 unspecified atom stereocenters. The Labute approximate surface area is 160 Å². The van der Waals surface area contributed by atoms with E-state index < -0.39 is 11.8 Å². The smallest absolute Gasteiger partial charge is 0.274 e. The molecular formula is C21H13N5O2. The van der Waals surface area contributed by atoms with Crippen molar-refractivity contribution in [2.24, 2.45) is 0 Å². The third kappa shape index (κ3) is 4.01. The number of anilines is 2. The summed E-state index contributed by atoms with van der Waals surface area (Å²) in [7, 11) is 0. The highest BCUT2D eigenvalue weighted by Crippen LogP contribution is 2.17. The van der Waals surface area contributed by atoms with Gasteiger partial charge in [-0.2, -0.15) is 10.5 Å². The van der Waals surface area contributed by atoms with E-state index in [9.17, 15) is 9.59 Å². The number of carbonyl (C=O) groups excluding carboxylic acids is 2. The van der Waals surface area contributed by atoms with Gasteiger partial charge in [0, 0.05) is 11.8 Å². The van der Waals surface area contributed by atoms with Crippen molar-refractivity contribution in [2.75, 3.05) is 10.6 Å². The lowest BCUT2D eigenvalue weighted by molar-refractivity contribution is 0.102. The Morgan fingerprint density at radius 3 is 1.89 bits per heavy atom. The average Bonchev–Trinajstić information content (AvgIpc) is 2.74. The van der Waals surface area contributed by atoms with Gasteiger partial charge in [-0.3, -0.25) is 14.6 Å². The molecule has 134 valence electrons. The van der Waals surface area contributed by atoms with Gasteiger partial charge in [0.15, 0.2) is 0 Å². The van der Waals surface area contributed by atoms with Crippen LogP contribution in [0.2, 0.25) is 0 Å². The number of benzene rings is 2. The number of nitrogens with one attached hydrogen (secondary N) is 2. The molecule has 0 aliphatic heterocycles. The van der Waals surface area contributed by atoms with Crippen LogP contribution in [-0.2, 0) is 0 Å². The van der Waals surface area contributed by atoms with E-state index in [0.717, 1.165) is 0 Å². The second kappa shape index (κ2) is 8.26. The van der Waals surface area contributed by atoms with Gasteiger partial charge < -0.3 is 10.6 Å². The molecule has 28 heavy (non-hydrogen) atoms. The zero-order chi connectivity index (χ0) is 19.9. The maximum absolute atomic E-state index is 12.5. The molecule has 3 aromatic rings. The molecule has 2 aromatic carbocycles. The van der Waals surface area contributed by atoms with E-state index in [1.54, 1.807) is 48.5 Å². The predicted octanol–water partition coefficient (Wildman–Crippen LogP) is 3.33. The second-order valence-corrected chi connectivity index (χ2v) is 5.65. The van der Waals surface area contributed by atoms with Crippen molar-refractivity contribution in [3.8, 4) is 12.1 Å². The molecular weight excluding hydrogens is 354 g/mol. The summed E-state index contributed by atoms with van der Waals surface area (Å²) in [5.74, 6) is -1.02. The zero-order valence-electron chi connectivity index (χ0n) is 14.5. The van der Waals surface area contributed by atoms with E-state index in [1.807, 2.05) is 12.1 Å². The van der Waals surface area contributed by atoms with E-state index in [2.05, 4.69) is 15.6 Å². The molecule has 0 radical (unpaired) electrons. The van der Waals surface area contributed by atoms with Crippen LogP contribution in [0, 0.1) is 22.7 Å². The number of aromatic nitrogens is 1. The molecule has 0 aliphatic carbocycles. The summed E-state index contributed by atoms with van der Waals surface area (Å²) >= 11 is 0. The Balaban J connectivity index is 1.80. The van der Waals surface area contributed by atoms with Crippen molar-refractivity contribution in [3.05, 3.63) is 89.2 Å². The van der Waals surface area contributed by atoms with Crippen molar-refractivity contribution in [3.63, 3.8) is 0 Å². The molecule has 2 N–H and O–H groups in total. The Hall–Kier alpha value is -4.49. The maximum atomic E-state index is 12.5. The first-order valence-electron chi connectivity index (χ1n) is 8.19. The number of para-hydroxylation sites is 2. The van der Waals surface area contributed by atoms with E-state index in [0.29, 0.717) is 22.5 Å². The normalized spacial score (nSPS) is 9.64. The van der Waals surface area contributed by atoms with Crippen molar-refractivity contribution >= 4 is 23.2 Å². The van der Waals surface area contributed by atoms with Crippen LogP contribution in [0.15, 0.2) is 66.9 Å². The number of pyridine rings is 1. The maximum Gasteiger partial charge on any atom is 0.274 e. The minimum absolute atomic E-state index is 0.0222. The van der Waals surface area contributed by atoms with Gasteiger partial charge >= 0.3 is 0 Å². The monoisotopic (exact) mass is 367 g/mol. The number of amides is 2. The lowest BCUT2D eigenvalue weighted by atomic mass is 10.1. The molecule has 1 heterocycles. The number of rotatable bonds is 4. The van der Waals surface area contributed by atoms with Gasteiger partial charge in [-0.05, 0) is 36.4 Å². The van der Waals surface area contributed by atoms with E-state index >= 15 is 0 Å². The molecule has 2 amide bonds. The van der Waals surface area contributed by atoms with Crippen LogP contribution in [0.1, 0.15) is 32.0 Å². The van der Waals surface area contributed by atoms with Gasteiger partial charge in [-0.25, -0.2) is 0 Å². The minimum Gasteiger partial charge on any atom is -0.321 e. The topological polar surface area (TPSA) is 119 Å². The summed E-state index contributed by atoms with van der Waals surface area (Å²) in [5, 5.41) is 23.5. The van der Waals surface area contributed by atoms with E-state index in [1.165, 1.54) is 18.3 Å². The van der Waals surface area contributed by atoms with Crippen LogP contribution in [0.5, 0.6) is 0 Å². The summed E-state index contributed by atoms with van der Waals surface area (Å²) in [6.45, 7) is 0. The van der Waals surface area contributed by atoms with Crippen LogP contribution >= 0.6 is 0 Å². The third-order valence-corrected chi connectivity index (χ3v) is 3.85. The number of hydrogen-bond donors (Lipinski definition) is 2. The van der Waals surface area contributed by atoms with Gasteiger partial charge in [0.05, 0.1) is 22.5 Å². The van der Waals surface area contributed by atoms with E-state index in [4.69, 9.17) is 10.5 Å². The summed E-state index contributed by atoms with van der Waals surface area (Å²) in [5.41, 5.74) is 1.61. The fourth-order valence-electron chi connectivity index (χ4n) is 2.46. The molecule has 0 saturated heterocycles. The lowest BCUT2D eigenvalue weighted by Crippen LogP contribution is -2.17. The lowest BCUT2D eigenvalue weighted by Gasteiger charge is -2.09. The number of hydrogen-bond acceptors (Lipinski definition) is 5. The SMILES string of the molecule is N#Cc1ccccc1NC(=O)c1ccnc(C(=O)Nc2ccccc2C#N)c1. The minimum atomic E-state index is -0.547. The summed E-state index contributed by atoms with van der Waals surface area (Å²) in [6, 6.07) is 20.0. The van der Waals surface area contributed by atoms with Crippen LogP contribution in [0.25, 0.3) is 0 Å². The summed E-state index contributed by atoms with van der Waals surface area (Å²) in [6.07, 6.45) is 1.34. The fourth-order valence-corrected chi connectivity index (χ4v) is 2.46. The fraction of sp³-hybridized carbons (Fsp3) is 0. The highest BCUT2D eigenvalue weighted by molar-refractivity contribution is 6.08. The third-order valence-electron chi connectivity index (χ3n) is 3.85. The van der Waals surface area contributed by atoms with Crippen molar-refractivity contribution in [1.82, 2.24) is 4.98 Å². The quantitative estimate of drug-likeness (QED) is 0.733. The van der Waals surface area contributed by atoms with Gasteiger partial charge in [0.25, 0.3) is 11.8 Å². The summed E-state index contributed by atoms with van der Waals surface area (Å²) < 4.78 is 0. The first-order valence-corrected chi connectivity index (χ1v) is 8.19. The Kier molecular flexibility index (Phi) is 5.40. The Bertz CT molecular complexity index is 1060. The Morgan fingerprint density at radius 1 is 0.786 bits per heavy atom. The largest absolute Gasteiger partial charge is 0.321 e. The van der Waals surface area contributed by atoms with Crippen molar-refractivity contribution in [1.29, 1.82) is 10.5 Å². The number of nitriles is 2. The van der Waals surface area contributed by atoms with Gasteiger partial charge in [0.2, 0.25) is 0 Å². The zero-order valence-corrected chi connectivity index (χ0v) is 14.5. The van der Waals surface area contributed by atoms with Crippen LogP contribution in [0.4, 0.5) is 11.4 Å². The van der Waals surface area contributed by atoms with Crippen molar-refractivity contribution < 1.29 is 9.59 Å². The molecule has 0 fully saturated rings. The van der Waals surface area contributed by atoms with E-state index in [-0.39, 0.29) is 11.3 Å². The molecule has 0 spiro atoms. The first kappa shape index (κ1) is 18.3. The standard InChI is InChI=1S/C21H13N5O2/c22-12-15-5-1-3-7-17(15)25-20(27)14-9-10-24-19(11-14)21(28)26-18-8-4-2-6-16(18)13-23/h1-11H,(H,25,27)(H,26,28). The molecule has 0 bridgehead atoms. The molecule has 0 atom stereocenters. The number of carbonyl (C=O) groups is 2. The number of nitrogens with zero attached hydrogens (tertiary/aromatic N) is 3. The summed E-state index contributed by atoms with van der Waals surface area (Å²) in [4.78, 5) is 28.9. The highest BCUT2D eigenvalue weighted by Gasteiger charge is 2.14. The van der Waals surface area contributed by atoms with Crippen LogP contribution in [0.3, 0.4) is 0 Å².